The summed E-state index contributed by atoms with van der Waals surface area (Å²) in [4.78, 5) is 36.5. The summed E-state index contributed by atoms with van der Waals surface area (Å²) in [5.41, 5.74) is 1.71. The Kier molecular flexibility index (Phi) is 6.08. The molecule has 7 heteroatoms. The molecule has 172 valence electrons. The smallest absolute Gasteiger partial charge is 0.254 e. The number of hydrogen-bond donors (Lipinski definition) is 1. The maximum atomic E-state index is 13.2. The number of nitrogens with zero attached hydrogens (tertiary/aromatic N) is 4. The number of fused-ring (bicyclic) bond motifs is 1. The molecule has 0 atom stereocenters. The Morgan fingerprint density at radius 2 is 1.79 bits per heavy atom. The number of aryl methyl sites for hydroxylation is 1. The molecule has 2 amide bonds. The van der Waals surface area contributed by atoms with E-state index in [-0.39, 0.29) is 17.7 Å². The van der Waals surface area contributed by atoms with Gasteiger partial charge >= 0.3 is 0 Å². The third-order valence-electron chi connectivity index (χ3n) is 6.52. The minimum absolute atomic E-state index is 0.0365. The summed E-state index contributed by atoms with van der Waals surface area (Å²) in [5.74, 6) is 1.62. The lowest BCUT2D eigenvalue weighted by atomic mass is 9.94. The van der Waals surface area contributed by atoms with Gasteiger partial charge < -0.3 is 10.2 Å². The summed E-state index contributed by atoms with van der Waals surface area (Å²) in [6.45, 7) is 3.53. The SMILES string of the molecule is Cc1nccn1-c1cc(CNC(=O)C2CCN(C(=O)c3cccc4ccccc34)CC2)ccn1. The lowest BCUT2D eigenvalue weighted by Gasteiger charge is -2.31. The van der Waals surface area contributed by atoms with E-state index in [1.807, 2.05) is 77.2 Å². The highest BCUT2D eigenvalue weighted by Crippen LogP contribution is 2.24. The van der Waals surface area contributed by atoms with Crippen LogP contribution in [-0.2, 0) is 11.3 Å². The van der Waals surface area contributed by atoms with Crippen LogP contribution in [0.25, 0.3) is 16.6 Å². The van der Waals surface area contributed by atoms with Gasteiger partial charge in [-0.2, -0.15) is 0 Å². The molecule has 0 radical (unpaired) electrons. The molecule has 0 spiro atoms. The minimum Gasteiger partial charge on any atom is -0.352 e. The van der Waals surface area contributed by atoms with Gasteiger partial charge in [0.2, 0.25) is 5.91 Å². The van der Waals surface area contributed by atoms with E-state index in [0.29, 0.717) is 32.5 Å². The molecule has 0 aliphatic carbocycles. The van der Waals surface area contributed by atoms with Gasteiger partial charge in [-0.3, -0.25) is 14.2 Å². The highest BCUT2D eigenvalue weighted by Gasteiger charge is 2.28. The average Bonchev–Trinajstić information content (AvgIpc) is 3.32. The van der Waals surface area contributed by atoms with Crippen molar-refractivity contribution < 1.29 is 9.59 Å². The van der Waals surface area contributed by atoms with Gasteiger partial charge in [0, 0.05) is 49.7 Å². The summed E-state index contributed by atoms with van der Waals surface area (Å²) < 4.78 is 1.91. The van der Waals surface area contributed by atoms with E-state index in [1.54, 1.807) is 12.4 Å². The standard InChI is InChI=1S/C27H27N5O2/c1-19-28-13-16-32(19)25-17-20(9-12-29-25)18-30-26(33)22-10-14-31(15-11-22)27(34)24-8-4-6-21-5-2-3-7-23(21)24/h2-9,12-13,16-17,22H,10-11,14-15,18H2,1H3,(H,30,33). The molecular weight excluding hydrogens is 426 g/mol. The first kappa shape index (κ1) is 21.8. The summed E-state index contributed by atoms with van der Waals surface area (Å²) in [6.07, 6.45) is 6.68. The largest absolute Gasteiger partial charge is 0.352 e. The van der Waals surface area contributed by atoms with Gasteiger partial charge in [0.05, 0.1) is 0 Å². The second-order valence-corrected chi connectivity index (χ2v) is 8.68. The first-order valence-electron chi connectivity index (χ1n) is 11.6. The zero-order valence-corrected chi connectivity index (χ0v) is 19.1. The second-order valence-electron chi connectivity index (χ2n) is 8.68. The number of rotatable bonds is 5. The van der Waals surface area contributed by atoms with E-state index in [2.05, 4.69) is 15.3 Å². The highest BCUT2D eigenvalue weighted by atomic mass is 16.2. The molecule has 1 fully saturated rings. The average molecular weight is 454 g/mol. The van der Waals surface area contributed by atoms with Crippen LogP contribution in [0.4, 0.5) is 0 Å². The third-order valence-corrected chi connectivity index (χ3v) is 6.52. The lowest BCUT2D eigenvalue weighted by Crippen LogP contribution is -2.43. The number of nitrogens with one attached hydrogen (secondary N) is 1. The molecule has 1 saturated heterocycles. The molecule has 5 rings (SSSR count). The minimum atomic E-state index is -0.0891. The number of likely N-dealkylation sites (tertiary alicyclic amines) is 1. The number of carbonyl (C=O) groups excluding carboxylic acids is 2. The van der Waals surface area contributed by atoms with Crippen molar-refractivity contribution in [3.8, 4) is 5.82 Å². The molecule has 4 aromatic rings. The second kappa shape index (κ2) is 9.47. The highest BCUT2D eigenvalue weighted by molar-refractivity contribution is 6.07. The Morgan fingerprint density at radius 1 is 1.00 bits per heavy atom. The van der Waals surface area contributed by atoms with Gasteiger partial charge in [0.15, 0.2) is 0 Å². The maximum absolute atomic E-state index is 13.2. The van der Waals surface area contributed by atoms with Crippen molar-refractivity contribution in [2.75, 3.05) is 13.1 Å². The van der Waals surface area contributed by atoms with Crippen LogP contribution in [0.15, 0.2) is 73.2 Å². The van der Waals surface area contributed by atoms with Crippen LogP contribution in [0.1, 0.15) is 34.6 Å². The van der Waals surface area contributed by atoms with Crippen LogP contribution < -0.4 is 5.32 Å². The predicted molar refractivity (Wildman–Crippen MR) is 131 cm³/mol. The Morgan fingerprint density at radius 3 is 2.59 bits per heavy atom. The molecule has 0 bridgehead atoms. The summed E-state index contributed by atoms with van der Waals surface area (Å²) in [6, 6.07) is 17.6. The zero-order valence-electron chi connectivity index (χ0n) is 19.1. The number of aromatic nitrogens is 3. The molecule has 2 aromatic heterocycles. The number of piperidine rings is 1. The first-order chi connectivity index (χ1) is 16.6. The van der Waals surface area contributed by atoms with Gasteiger partial charge in [-0.1, -0.05) is 36.4 Å². The monoisotopic (exact) mass is 453 g/mol. The molecule has 0 saturated carbocycles. The normalized spacial score (nSPS) is 14.3. The van der Waals surface area contributed by atoms with Crippen molar-refractivity contribution in [3.05, 3.63) is 90.1 Å². The van der Waals surface area contributed by atoms with Gasteiger partial charge in [0.1, 0.15) is 11.6 Å². The first-order valence-corrected chi connectivity index (χ1v) is 11.6. The van der Waals surface area contributed by atoms with Crippen LogP contribution >= 0.6 is 0 Å². The van der Waals surface area contributed by atoms with Crippen LogP contribution in [0.2, 0.25) is 0 Å². The topological polar surface area (TPSA) is 80.1 Å². The molecule has 1 aliphatic rings. The van der Waals surface area contributed by atoms with Crippen LogP contribution in [0.5, 0.6) is 0 Å². The maximum Gasteiger partial charge on any atom is 0.254 e. The van der Waals surface area contributed by atoms with Gasteiger partial charge in [-0.15, -0.1) is 0 Å². The fraction of sp³-hybridized carbons (Fsp3) is 0.259. The van der Waals surface area contributed by atoms with Gasteiger partial charge in [0.25, 0.3) is 5.91 Å². The van der Waals surface area contributed by atoms with Crippen LogP contribution in [-0.4, -0.2) is 44.3 Å². The molecule has 2 aromatic carbocycles. The van der Waals surface area contributed by atoms with E-state index in [9.17, 15) is 9.59 Å². The van der Waals surface area contributed by atoms with E-state index in [4.69, 9.17) is 0 Å². The fourth-order valence-corrected chi connectivity index (χ4v) is 4.58. The van der Waals surface area contributed by atoms with Crippen LogP contribution in [0.3, 0.4) is 0 Å². The molecule has 3 heterocycles. The number of carbonyl (C=O) groups is 2. The molecule has 7 nitrogen and oxygen atoms in total. The summed E-state index contributed by atoms with van der Waals surface area (Å²) in [7, 11) is 0. The Hall–Kier alpha value is -4.00. The number of hydrogen-bond acceptors (Lipinski definition) is 4. The molecule has 0 unspecified atom stereocenters. The number of amides is 2. The zero-order chi connectivity index (χ0) is 23.5. The van der Waals surface area contributed by atoms with E-state index < -0.39 is 0 Å². The Labute approximate surface area is 198 Å². The van der Waals surface area contributed by atoms with Crippen molar-refractivity contribution in [2.45, 2.75) is 26.3 Å². The van der Waals surface area contributed by atoms with Gasteiger partial charge in [-0.25, -0.2) is 9.97 Å². The van der Waals surface area contributed by atoms with Crippen molar-refractivity contribution >= 4 is 22.6 Å². The number of pyridine rings is 1. The fourth-order valence-electron chi connectivity index (χ4n) is 4.58. The van der Waals surface area contributed by atoms with Crippen molar-refractivity contribution in [2.24, 2.45) is 5.92 Å². The van der Waals surface area contributed by atoms with Crippen molar-refractivity contribution in [3.63, 3.8) is 0 Å². The van der Waals surface area contributed by atoms with E-state index >= 15 is 0 Å². The van der Waals surface area contributed by atoms with E-state index in [1.165, 1.54) is 0 Å². The number of benzene rings is 2. The van der Waals surface area contributed by atoms with E-state index in [0.717, 1.165) is 33.5 Å². The lowest BCUT2D eigenvalue weighted by molar-refractivity contribution is -0.126. The van der Waals surface area contributed by atoms with Crippen molar-refractivity contribution in [1.29, 1.82) is 0 Å². The molecule has 1 N–H and O–H groups in total. The van der Waals surface area contributed by atoms with Crippen molar-refractivity contribution in [1.82, 2.24) is 24.8 Å². The number of imidazole rings is 1. The molecular formula is C27H27N5O2. The quantitative estimate of drug-likeness (QED) is 0.497. The summed E-state index contributed by atoms with van der Waals surface area (Å²) in [5, 5.41) is 5.09. The predicted octanol–water partition coefficient (Wildman–Crippen LogP) is 3.90. The van der Waals surface area contributed by atoms with Crippen LogP contribution in [0, 0.1) is 12.8 Å². The summed E-state index contributed by atoms with van der Waals surface area (Å²) >= 11 is 0. The third kappa shape index (κ3) is 4.41. The van der Waals surface area contributed by atoms with Gasteiger partial charge in [-0.05, 0) is 54.3 Å². The molecule has 34 heavy (non-hydrogen) atoms. The molecule has 1 aliphatic heterocycles. The Balaban J connectivity index is 1.17. The Bertz CT molecular complexity index is 1330.